The van der Waals surface area contributed by atoms with E-state index in [0.717, 1.165) is 30.7 Å². The predicted molar refractivity (Wildman–Crippen MR) is 98.0 cm³/mol. The van der Waals surface area contributed by atoms with Crippen LogP contribution in [0.15, 0.2) is 61.1 Å². The number of likely N-dealkylation sites (N-methyl/N-ethyl adjacent to an activating group) is 1. The summed E-state index contributed by atoms with van der Waals surface area (Å²) in [4.78, 5) is 14.4. The fraction of sp³-hybridized carbons (Fsp3) is 0.211. The molecule has 27 heavy (non-hydrogen) atoms. The first-order valence-corrected chi connectivity index (χ1v) is 8.29. The van der Waals surface area contributed by atoms with Gasteiger partial charge in [-0.15, -0.1) is 0 Å². The van der Waals surface area contributed by atoms with Crippen molar-refractivity contribution in [2.75, 3.05) is 23.8 Å². The van der Waals surface area contributed by atoms with Crippen LogP contribution in [0.4, 0.5) is 30.6 Å². The number of hydrogen-bond donors (Lipinski definition) is 1. The first-order valence-electron chi connectivity index (χ1n) is 8.29. The SMILES string of the molecule is CN(CCc1ccncc1)c1ccnc(Nc2cccc(C(F)(F)F)c2)n1. The molecule has 0 bridgehead atoms. The van der Waals surface area contributed by atoms with Crippen LogP contribution in [-0.4, -0.2) is 28.5 Å². The molecule has 0 aliphatic carbocycles. The van der Waals surface area contributed by atoms with Gasteiger partial charge in [0.2, 0.25) is 5.95 Å². The second kappa shape index (κ2) is 8.03. The molecule has 140 valence electrons. The van der Waals surface area contributed by atoms with Crippen LogP contribution in [0, 0.1) is 0 Å². The summed E-state index contributed by atoms with van der Waals surface area (Å²) >= 11 is 0. The van der Waals surface area contributed by atoms with Crippen molar-refractivity contribution in [2.24, 2.45) is 0 Å². The van der Waals surface area contributed by atoms with Gasteiger partial charge in [0.05, 0.1) is 5.56 Å². The Morgan fingerprint density at radius 1 is 1.04 bits per heavy atom. The minimum Gasteiger partial charge on any atom is -0.359 e. The summed E-state index contributed by atoms with van der Waals surface area (Å²) in [6.07, 6.45) is 1.49. The molecule has 1 N–H and O–H groups in total. The van der Waals surface area contributed by atoms with Gasteiger partial charge >= 0.3 is 6.18 Å². The Morgan fingerprint density at radius 3 is 2.56 bits per heavy atom. The number of anilines is 3. The van der Waals surface area contributed by atoms with Crippen LogP contribution >= 0.6 is 0 Å². The van der Waals surface area contributed by atoms with Crippen LogP contribution in [0.25, 0.3) is 0 Å². The van der Waals surface area contributed by atoms with Crippen LogP contribution in [-0.2, 0) is 12.6 Å². The highest BCUT2D eigenvalue weighted by atomic mass is 19.4. The van der Waals surface area contributed by atoms with Crippen molar-refractivity contribution in [3.63, 3.8) is 0 Å². The van der Waals surface area contributed by atoms with E-state index in [-0.39, 0.29) is 11.6 Å². The molecular weight excluding hydrogens is 355 g/mol. The Balaban J connectivity index is 1.68. The Kier molecular flexibility index (Phi) is 5.54. The second-order valence-corrected chi connectivity index (χ2v) is 5.97. The summed E-state index contributed by atoms with van der Waals surface area (Å²) in [6.45, 7) is 0.726. The van der Waals surface area contributed by atoms with Gasteiger partial charge in [-0.25, -0.2) is 4.98 Å². The van der Waals surface area contributed by atoms with E-state index < -0.39 is 11.7 Å². The third-order valence-corrected chi connectivity index (χ3v) is 3.96. The molecule has 0 saturated carbocycles. The first-order chi connectivity index (χ1) is 12.9. The lowest BCUT2D eigenvalue weighted by Gasteiger charge is -2.18. The van der Waals surface area contributed by atoms with Gasteiger partial charge in [-0.3, -0.25) is 4.98 Å². The highest BCUT2D eigenvalue weighted by molar-refractivity contribution is 5.56. The number of nitrogens with zero attached hydrogens (tertiary/aromatic N) is 4. The summed E-state index contributed by atoms with van der Waals surface area (Å²) in [5.74, 6) is 0.913. The zero-order chi connectivity index (χ0) is 19.3. The lowest BCUT2D eigenvalue weighted by atomic mass is 10.2. The normalized spacial score (nSPS) is 11.3. The first kappa shape index (κ1) is 18.6. The maximum absolute atomic E-state index is 12.8. The summed E-state index contributed by atoms with van der Waals surface area (Å²) in [5, 5.41) is 2.83. The predicted octanol–water partition coefficient (Wildman–Crippen LogP) is 4.31. The Bertz CT molecular complexity index is 884. The average molecular weight is 373 g/mol. The van der Waals surface area contributed by atoms with Crippen LogP contribution in [0.2, 0.25) is 0 Å². The minimum absolute atomic E-state index is 0.239. The van der Waals surface area contributed by atoms with Crippen LogP contribution in [0.5, 0.6) is 0 Å². The maximum Gasteiger partial charge on any atom is 0.416 e. The quantitative estimate of drug-likeness (QED) is 0.698. The number of hydrogen-bond acceptors (Lipinski definition) is 5. The van der Waals surface area contributed by atoms with Gasteiger partial charge in [0.25, 0.3) is 0 Å². The van der Waals surface area contributed by atoms with Crippen molar-refractivity contribution in [3.05, 3.63) is 72.2 Å². The molecule has 0 unspecified atom stereocenters. The summed E-state index contributed by atoms with van der Waals surface area (Å²) in [5.41, 5.74) is 0.716. The van der Waals surface area contributed by atoms with Crippen molar-refractivity contribution in [1.29, 1.82) is 0 Å². The summed E-state index contributed by atoms with van der Waals surface area (Å²) < 4.78 is 38.5. The molecule has 3 aromatic rings. The Hall–Kier alpha value is -3.16. The lowest BCUT2D eigenvalue weighted by Crippen LogP contribution is -2.21. The highest BCUT2D eigenvalue weighted by Gasteiger charge is 2.30. The van der Waals surface area contributed by atoms with Gasteiger partial charge in [0.1, 0.15) is 5.82 Å². The standard InChI is InChI=1S/C19H18F3N5/c1-27(12-8-14-5-9-23-10-6-14)17-7-11-24-18(26-17)25-16-4-2-3-15(13-16)19(20,21)22/h2-7,9-11,13H,8,12H2,1H3,(H,24,25,26). The van der Waals surface area contributed by atoms with Gasteiger partial charge in [0.15, 0.2) is 0 Å². The lowest BCUT2D eigenvalue weighted by molar-refractivity contribution is -0.137. The molecule has 2 aromatic heterocycles. The van der Waals surface area contributed by atoms with E-state index in [1.807, 2.05) is 24.1 Å². The van der Waals surface area contributed by atoms with Gasteiger partial charge in [0, 0.05) is 37.9 Å². The topological polar surface area (TPSA) is 53.9 Å². The van der Waals surface area contributed by atoms with E-state index in [2.05, 4.69) is 20.3 Å². The Labute approximate surface area is 154 Å². The van der Waals surface area contributed by atoms with Crippen LogP contribution in [0.1, 0.15) is 11.1 Å². The molecule has 0 atom stereocenters. The van der Waals surface area contributed by atoms with Crippen molar-refractivity contribution >= 4 is 17.5 Å². The van der Waals surface area contributed by atoms with Crippen molar-refractivity contribution in [2.45, 2.75) is 12.6 Å². The fourth-order valence-corrected chi connectivity index (χ4v) is 2.49. The molecule has 8 heteroatoms. The molecule has 5 nitrogen and oxygen atoms in total. The third-order valence-electron chi connectivity index (χ3n) is 3.96. The highest BCUT2D eigenvalue weighted by Crippen LogP contribution is 2.31. The zero-order valence-electron chi connectivity index (χ0n) is 14.6. The smallest absolute Gasteiger partial charge is 0.359 e. The van der Waals surface area contributed by atoms with E-state index in [1.165, 1.54) is 6.07 Å². The summed E-state index contributed by atoms with van der Waals surface area (Å²) in [6, 6.07) is 10.6. The van der Waals surface area contributed by atoms with Crippen LogP contribution in [0.3, 0.4) is 0 Å². The van der Waals surface area contributed by atoms with Gasteiger partial charge in [-0.05, 0) is 48.4 Å². The third kappa shape index (κ3) is 5.16. The molecule has 0 fully saturated rings. The van der Waals surface area contributed by atoms with Crippen molar-refractivity contribution < 1.29 is 13.2 Å². The van der Waals surface area contributed by atoms with E-state index in [4.69, 9.17) is 0 Å². The summed E-state index contributed by atoms with van der Waals surface area (Å²) in [7, 11) is 1.90. The monoisotopic (exact) mass is 373 g/mol. The zero-order valence-corrected chi connectivity index (χ0v) is 14.6. The molecular formula is C19H18F3N5. The number of nitrogens with one attached hydrogen (secondary N) is 1. The molecule has 0 amide bonds. The molecule has 2 heterocycles. The fourth-order valence-electron chi connectivity index (χ4n) is 2.49. The molecule has 0 aliphatic heterocycles. The number of aromatic nitrogens is 3. The number of halogens is 3. The molecule has 0 spiro atoms. The maximum atomic E-state index is 12.8. The Morgan fingerprint density at radius 2 is 1.81 bits per heavy atom. The molecule has 0 radical (unpaired) electrons. The largest absolute Gasteiger partial charge is 0.416 e. The number of pyridine rings is 1. The van der Waals surface area contributed by atoms with E-state index in [9.17, 15) is 13.2 Å². The van der Waals surface area contributed by atoms with Gasteiger partial charge < -0.3 is 10.2 Å². The average Bonchev–Trinajstić information content (AvgIpc) is 2.67. The van der Waals surface area contributed by atoms with E-state index >= 15 is 0 Å². The molecule has 1 aromatic carbocycles. The van der Waals surface area contributed by atoms with Crippen molar-refractivity contribution in [3.8, 4) is 0 Å². The molecule has 0 saturated heterocycles. The number of benzene rings is 1. The van der Waals surface area contributed by atoms with Crippen LogP contribution < -0.4 is 10.2 Å². The molecule has 0 aliphatic rings. The van der Waals surface area contributed by atoms with E-state index in [0.29, 0.717) is 5.82 Å². The minimum atomic E-state index is -4.40. The van der Waals surface area contributed by atoms with Gasteiger partial charge in [-0.2, -0.15) is 18.2 Å². The second-order valence-electron chi connectivity index (χ2n) is 5.97. The molecule has 3 rings (SSSR count). The van der Waals surface area contributed by atoms with E-state index in [1.54, 1.807) is 30.7 Å². The number of rotatable bonds is 6. The number of alkyl halides is 3. The van der Waals surface area contributed by atoms with Crippen molar-refractivity contribution in [1.82, 2.24) is 15.0 Å². The van der Waals surface area contributed by atoms with Gasteiger partial charge in [-0.1, -0.05) is 6.07 Å².